The quantitative estimate of drug-likeness (QED) is 0.557. The minimum absolute atomic E-state index is 0.593. The standard InChI is InChI=1S/C6H14N2O2/c1-7-4-3-5-8(2)6(9)10/h7H,3-5H2,1-2H3,(H,9,10). The van der Waals surface area contributed by atoms with Gasteiger partial charge in [-0.3, -0.25) is 0 Å². The third-order valence-electron chi connectivity index (χ3n) is 1.25. The van der Waals surface area contributed by atoms with Crippen molar-refractivity contribution in [3.8, 4) is 0 Å². The topological polar surface area (TPSA) is 52.6 Å². The van der Waals surface area contributed by atoms with Crippen LogP contribution < -0.4 is 5.32 Å². The molecule has 0 aliphatic rings. The highest BCUT2D eigenvalue weighted by Crippen LogP contribution is 1.85. The van der Waals surface area contributed by atoms with E-state index >= 15 is 0 Å². The Balaban J connectivity index is 3.21. The summed E-state index contributed by atoms with van der Waals surface area (Å²) in [4.78, 5) is 11.5. The van der Waals surface area contributed by atoms with Crippen molar-refractivity contribution in [1.82, 2.24) is 10.2 Å². The Morgan fingerprint density at radius 1 is 1.70 bits per heavy atom. The predicted molar refractivity (Wildman–Crippen MR) is 39.2 cm³/mol. The monoisotopic (exact) mass is 146 g/mol. The van der Waals surface area contributed by atoms with Gasteiger partial charge in [-0.05, 0) is 20.0 Å². The van der Waals surface area contributed by atoms with Gasteiger partial charge in [0.15, 0.2) is 0 Å². The van der Waals surface area contributed by atoms with Crippen LogP contribution in [0.4, 0.5) is 4.79 Å². The summed E-state index contributed by atoms with van der Waals surface area (Å²) < 4.78 is 0. The van der Waals surface area contributed by atoms with Crippen LogP contribution >= 0.6 is 0 Å². The fourth-order valence-electron chi connectivity index (χ4n) is 0.589. The summed E-state index contributed by atoms with van der Waals surface area (Å²) in [6.07, 6.45) is -0.00430. The summed E-state index contributed by atoms with van der Waals surface area (Å²) in [5.41, 5.74) is 0. The highest BCUT2D eigenvalue weighted by atomic mass is 16.4. The van der Waals surface area contributed by atoms with E-state index in [9.17, 15) is 4.79 Å². The number of hydrogen-bond donors (Lipinski definition) is 2. The molecule has 0 bridgehead atoms. The molecule has 0 fully saturated rings. The number of nitrogens with zero attached hydrogens (tertiary/aromatic N) is 1. The van der Waals surface area contributed by atoms with Gasteiger partial charge in [-0.2, -0.15) is 0 Å². The molecule has 10 heavy (non-hydrogen) atoms. The number of hydrogen-bond acceptors (Lipinski definition) is 2. The number of carboxylic acid groups (broad SMARTS) is 1. The molecule has 0 spiro atoms. The van der Waals surface area contributed by atoms with Gasteiger partial charge in [-0.25, -0.2) is 4.79 Å². The van der Waals surface area contributed by atoms with Gasteiger partial charge in [-0.15, -0.1) is 0 Å². The zero-order valence-electron chi connectivity index (χ0n) is 6.42. The molecule has 0 aromatic carbocycles. The highest BCUT2D eigenvalue weighted by Gasteiger charge is 2.02. The SMILES string of the molecule is CNCCCN(C)C(=O)O. The summed E-state index contributed by atoms with van der Waals surface area (Å²) in [5, 5.41) is 11.3. The van der Waals surface area contributed by atoms with E-state index in [-0.39, 0.29) is 0 Å². The molecule has 0 aliphatic heterocycles. The van der Waals surface area contributed by atoms with Gasteiger partial charge in [0.25, 0.3) is 0 Å². The largest absolute Gasteiger partial charge is 0.465 e. The summed E-state index contributed by atoms with van der Waals surface area (Å²) in [5.74, 6) is 0. The maximum absolute atomic E-state index is 10.2. The van der Waals surface area contributed by atoms with Gasteiger partial charge in [0.05, 0.1) is 0 Å². The lowest BCUT2D eigenvalue weighted by atomic mass is 10.4. The molecule has 60 valence electrons. The van der Waals surface area contributed by atoms with Crippen LogP contribution in [0.5, 0.6) is 0 Å². The molecule has 0 heterocycles. The molecule has 0 aromatic rings. The van der Waals surface area contributed by atoms with E-state index in [1.165, 1.54) is 4.90 Å². The fourth-order valence-corrected chi connectivity index (χ4v) is 0.589. The van der Waals surface area contributed by atoms with Gasteiger partial charge < -0.3 is 15.3 Å². The summed E-state index contributed by atoms with van der Waals surface area (Å²) >= 11 is 0. The Bertz CT molecular complexity index is 106. The van der Waals surface area contributed by atoms with E-state index in [0.29, 0.717) is 6.54 Å². The number of amides is 1. The molecule has 4 heteroatoms. The minimum Gasteiger partial charge on any atom is -0.465 e. The maximum atomic E-state index is 10.2. The van der Waals surface area contributed by atoms with Gasteiger partial charge in [-0.1, -0.05) is 0 Å². The molecule has 0 rings (SSSR count). The lowest BCUT2D eigenvalue weighted by molar-refractivity contribution is 0.155. The number of carbonyl (C=O) groups is 1. The van der Waals surface area contributed by atoms with Gasteiger partial charge in [0, 0.05) is 13.6 Å². The zero-order valence-corrected chi connectivity index (χ0v) is 6.42. The Kier molecular flexibility index (Phi) is 4.66. The smallest absolute Gasteiger partial charge is 0.407 e. The molecule has 0 aromatic heterocycles. The maximum Gasteiger partial charge on any atom is 0.407 e. The summed E-state index contributed by atoms with van der Waals surface area (Å²) in [7, 11) is 3.42. The van der Waals surface area contributed by atoms with E-state index < -0.39 is 6.09 Å². The van der Waals surface area contributed by atoms with Gasteiger partial charge >= 0.3 is 6.09 Å². The van der Waals surface area contributed by atoms with E-state index in [4.69, 9.17) is 5.11 Å². The molecule has 2 N–H and O–H groups in total. The predicted octanol–water partition coefficient (Wildman–Crippen LogP) is 0.206. The van der Waals surface area contributed by atoms with Crippen LogP contribution in [0.3, 0.4) is 0 Å². The van der Waals surface area contributed by atoms with Crippen LogP contribution in [-0.2, 0) is 0 Å². The third-order valence-corrected chi connectivity index (χ3v) is 1.25. The fraction of sp³-hybridized carbons (Fsp3) is 0.833. The average molecular weight is 146 g/mol. The zero-order chi connectivity index (χ0) is 7.98. The molecule has 0 aliphatic carbocycles. The van der Waals surface area contributed by atoms with E-state index in [2.05, 4.69) is 5.32 Å². The Labute approximate surface area is 60.8 Å². The van der Waals surface area contributed by atoms with Crippen molar-refractivity contribution < 1.29 is 9.90 Å². The Morgan fingerprint density at radius 3 is 2.70 bits per heavy atom. The molecule has 0 atom stereocenters. The van der Waals surface area contributed by atoms with Crippen molar-refractivity contribution in [2.45, 2.75) is 6.42 Å². The normalized spacial score (nSPS) is 9.40. The molecule has 1 amide bonds. The molecule has 0 unspecified atom stereocenters. The van der Waals surface area contributed by atoms with Crippen molar-refractivity contribution in [2.24, 2.45) is 0 Å². The Morgan fingerprint density at radius 2 is 2.30 bits per heavy atom. The molecule has 4 nitrogen and oxygen atoms in total. The first-order chi connectivity index (χ1) is 4.68. The lowest BCUT2D eigenvalue weighted by Gasteiger charge is -2.11. The molecule has 0 saturated heterocycles. The van der Waals surface area contributed by atoms with Crippen molar-refractivity contribution in [3.05, 3.63) is 0 Å². The minimum atomic E-state index is -0.865. The third kappa shape index (κ3) is 4.14. The van der Waals surface area contributed by atoms with Crippen LogP contribution in [-0.4, -0.2) is 43.3 Å². The summed E-state index contributed by atoms with van der Waals surface area (Å²) in [6, 6.07) is 0. The first-order valence-corrected chi connectivity index (χ1v) is 3.27. The van der Waals surface area contributed by atoms with Crippen LogP contribution in [0.25, 0.3) is 0 Å². The molecule has 0 radical (unpaired) electrons. The first-order valence-electron chi connectivity index (χ1n) is 3.27. The van der Waals surface area contributed by atoms with Crippen LogP contribution in [0.2, 0.25) is 0 Å². The van der Waals surface area contributed by atoms with E-state index in [0.717, 1.165) is 13.0 Å². The lowest BCUT2D eigenvalue weighted by Crippen LogP contribution is -2.27. The van der Waals surface area contributed by atoms with E-state index in [1.54, 1.807) is 7.05 Å². The van der Waals surface area contributed by atoms with Crippen molar-refractivity contribution in [3.63, 3.8) is 0 Å². The second-order valence-electron chi connectivity index (χ2n) is 2.16. The van der Waals surface area contributed by atoms with Crippen LogP contribution in [0, 0.1) is 0 Å². The van der Waals surface area contributed by atoms with Crippen molar-refractivity contribution >= 4 is 6.09 Å². The first kappa shape index (κ1) is 9.23. The number of rotatable bonds is 4. The Hall–Kier alpha value is -0.770. The second kappa shape index (κ2) is 5.05. The van der Waals surface area contributed by atoms with E-state index in [1.807, 2.05) is 7.05 Å². The average Bonchev–Trinajstić information content (AvgIpc) is 1.88. The highest BCUT2D eigenvalue weighted by molar-refractivity contribution is 5.64. The summed E-state index contributed by atoms with van der Waals surface area (Å²) in [6.45, 7) is 1.45. The molecular formula is C6H14N2O2. The van der Waals surface area contributed by atoms with Gasteiger partial charge in [0.1, 0.15) is 0 Å². The molecule has 0 saturated carbocycles. The molecular weight excluding hydrogens is 132 g/mol. The van der Waals surface area contributed by atoms with Crippen LogP contribution in [0.1, 0.15) is 6.42 Å². The van der Waals surface area contributed by atoms with Crippen LogP contribution in [0.15, 0.2) is 0 Å². The number of nitrogens with one attached hydrogen (secondary N) is 1. The van der Waals surface area contributed by atoms with Gasteiger partial charge in [0.2, 0.25) is 0 Å². The van der Waals surface area contributed by atoms with Crippen molar-refractivity contribution in [1.29, 1.82) is 0 Å². The van der Waals surface area contributed by atoms with Crippen molar-refractivity contribution in [2.75, 3.05) is 27.2 Å². The second-order valence-corrected chi connectivity index (χ2v) is 2.16.